The first-order chi connectivity index (χ1) is 13.6. The maximum Gasteiger partial charge on any atom is 0.319 e. The van der Waals surface area contributed by atoms with E-state index in [1.165, 1.54) is 6.42 Å². The van der Waals surface area contributed by atoms with Crippen LogP contribution in [0.3, 0.4) is 0 Å². The van der Waals surface area contributed by atoms with Gasteiger partial charge in [-0.1, -0.05) is 12.1 Å². The predicted molar refractivity (Wildman–Crippen MR) is 108 cm³/mol. The Morgan fingerprint density at radius 2 is 2.11 bits per heavy atom. The van der Waals surface area contributed by atoms with E-state index < -0.39 is 0 Å². The molecule has 1 aromatic heterocycles. The van der Waals surface area contributed by atoms with E-state index in [0.29, 0.717) is 24.6 Å². The normalized spacial score (nSPS) is 17.9. The van der Waals surface area contributed by atoms with E-state index in [2.05, 4.69) is 10.6 Å². The van der Waals surface area contributed by atoms with Crippen LogP contribution >= 0.6 is 0 Å². The summed E-state index contributed by atoms with van der Waals surface area (Å²) in [7, 11) is 3.90. The molecule has 1 aliphatic heterocycles. The minimum absolute atomic E-state index is 0.0457. The Kier molecular flexibility index (Phi) is 7.33. The zero-order valence-electron chi connectivity index (χ0n) is 16.5. The topological polar surface area (TPSA) is 76.0 Å². The quantitative estimate of drug-likeness (QED) is 0.723. The molecule has 1 aliphatic rings. The zero-order valence-corrected chi connectivity index (χ0v) is 16.5. The third kappa shape index (κ3) is 5.74. The van der Waals surface area contributed by atoms with Crippen molar-refractivity contribution in [1.29, 1.82) is 0 Å². The van der Waals surface area contributed by atoms with Crippen LogP contribution in [0.25, 0.3) is 0 Å². The van der Waals surface area contributed by atoms with Gasteiger partial charge in [0.2, 0.25) is 0 Å². The lowest BCUT2D eigenvalue weighted by atomic mass is 10.1. The van der Waals surface area contributed by atoms with Gasteiger partial charge in [-0.15, -0.1) is 0 Å². The molecular weight excluding hydrogens is 358 g/mol. The summed E-state index contributed by atoms with van der Waals surface area (Å²) in [6.45, 7) is 1.70. The van der Waals surface area contributed by atoms with Crippen molar-refractivity contribution in [3.05, 3.63) is 48.4 Å². The van der Waals surface area contributed by atoms with Crippen molar-refractivity contribution < 1.29 is 18.7 Å². The first kappa shape index (κ1) is 20.2. The van der Waals surface area contributed by atoms with Gasteiger partial charge >= 0.3 is 6.03 Å². The van der Waals surface area contributed by atoms with Gasteiger partial charge in [0.1, 0.15) is 18.1 Å². The molecule has 2 atom stereocenters. The molecule has 0 aliphatic carbocycles. The summed E-state index contributed by atoms with van der Waals surface area (Å²) in [5, 5.41) is 5.77. The summed E-state index contributed by atoms with van der Waals surface area (Å²) < 4.78 is 17.1. The van der Waals surface area contributed by atoms with Crippen LogP contribution in [0.2, 0.25) is 0 Å². The second kappa shape index (κ2) is 10.1. The predicted octanol–water partition coefficient (Wildman–Crippen LogP) is 3.65. The van der Waals surface area contributed by atoms with Gasteiger partial charge in [-0.25, -0.2) is 4.79 Å². The number of para-hydroxylation sites is 2. The second-order valence-corrected chi connectivity index (χ2v) is 7.13. The molecule has 2 aromatic rings. The number of carbonyl (C=O) groups is 1. The lowest BCUT2D eigenvalue weighted by Gasteiger charge is -2.24. The number of nitrogens with zero attached hydrogens (tertiary/aromatic N) is 1. The molecule has 28 heavy (non-hydrogen) atoms. The number of furan rings is 1. The van der Waals surface area contributed by atoms with Crippen molar-refractivity contribution in [2.45, 2.75) is 31.4 Å². The number of hydrogen-bond donors (Lipinski definition) is 2. The molecule has 7 nitrogen and oxygen atoms in total. The van der Waals surface area contributed by atoms with Gasteiger partial charge in [-0.3, -0.25) is 4.90 Å². The molecule has 0 spiro atoms. The summed E-state index contributed by atoms with van der Waals surface area (Å²) in [4.78, 5) is 14.4. The first-order valence-corrected chi connectivity index (χ1v) is 9.71. The number of anilines is 1. The maximum absolute atomic E-state index is 12.4. The van der Waals surface area contributed by atoms with Crippen LogP contribution in [-0.2, 0) is 4.74 Å². The maximum atomic E-state index is 12.4. The fourth-order valence-electron chi connectivity index (χ4n) is 3.19. The number of benzene rings is 1. The summed E-state index contributed by atoms with van der Waals surface area (Å²) >= 11 is 0. The zero-order chi connectivity index (χ0) is 19.8. The summed E-state index contributed by atoms with van der Waals surface area (Å²) in [5.41, 5.74) is 0.634. The molecule has 2 unspecified atom stereocenters. The Bertz CT molecular complexity index is 727. The van der Waals surface area contributed by atoms with Crippen molar-refractivity contribution in [3.8, 4) is 5.75 Å². The van der Waals surface area contributed by atoms with Crippen molar-refractivity contribution in [2.75, 3.05) is 39.2 Å². The highest BCUT2D eigenvalue weighted by Gasteiger charge is 2.19. The fraction of sp³-hybridized carbons (Fsp3) is 0.476. The standard InChI is InChI=1S/C21H29N3O4/c1-24(2)18(20-11-7-13-27-20)14-22-21(25)23-17-9-3-4-10-19(17)28-15-16-8-5-6-12-26-16/h3-4,7,9-11,13,16,18H,5-6,8,12,14-15H2,1-2H3,(H2,22,23,25). The number of carbonyl (C=O) groups excluding carboxylic acids is 1. The first-order valence-electron chi connectivity index (χ1n) is 9.71. The van der Waals surface area contributed by atoms with Crippen LogP contribution in [0, 0.1) is 0 Å². The minimum Gasteiger partial charge on any atom is -0.489 e. The molecule has 1 aromatic carbocycles. The lowest BCUT2D eigenvalue weighted by Crippen LogP contribution is -2.36. The molecule has 0 bridgehead atoms. The van der Waals surface area contributed by atoms with Gasteiger partial charge in [0, 0.05) is 13.2 Å². The Labute approximate surface area is 166 Å². The molecule has 2 heterocycles. The summed E-state index contributed by atoms with van der Waals surface area (Å²) in [5.74, 6) is 1.45. The Morgan fingerprint density at radius 3 is 2.82 bits per heavy atom. The van der Waals surface area contributed by atoms with E-state index >= 15 is 0 Å². The Morgan fingerprint density at radius 1 is 1.25 bits per heavy atom. The average Bonchev–Trinajstić information content (AvgIpc) is 3.22. The summed E-state index contributed by atoms with van der Waals surface area (Å²) in [6.07, 6.45) is 5.04. The number of rotatable bonds is 8. The van der Waals surface area contributed by atoms with Crippen molar-refractivity contribution in [1.82, 2.24) is 10.2 Å². The van der Waals surface area contributed by atoms with E-state index in [1.54, 1.807) is 6.26 Å². The molecule has 2 N–H and O–H groups in total. The molecule has 1 fully saturated rings. The lowest BCUT2D eigenvalue weighted by molar-refractivity contribution is -0.0109. The highest BCUT2D eigenvalue weighted by atomic mass is 16.5. The number of nitrogens with one attached hydrogen (secondary N) is 2. The molecule has 0 radical (unpaired) electrons. The fourth-order valence-corrected chi connectivity index (χ4v) is 3.19. The minimum atomic E-state index is -0.289. The smallest absolute Gasteiger partial charge is 0.319 e. The molecule has 1 saturated heterocycles. The van der Waals surface area contributed by atoms with Crippen molar-refractivity contribution in [3.63, 3.8) is 0 Å². The SMILES string of the molecule is CN(C)C(CNC(=O)Nc1ccccc1OCC1CCCCO1)c1ccco1. The number of amides is 2. The molecule has 0 saturated carbocycles. The van der Waals surface area contributed by atoms with Crippen molar-refractivity contribution in [2.24, 2.45) is 0 Å². The molecule has 2 amide bonds. The largest absolute Gasteiger partial charge is 0.489 e. The molecular formula is C21H29N3O4. The van der Waals surface area contributed by atoms with Gasteiger partial charge in [0.05, 0.1) is 24.1 Å². The average molecular weight is 387 g/mol. The van der Waals surface area contributed by atoms with Crippen LogP contribution in [0.1, 0.15) is 31.1 Å². The van der Waals surface area contributed by atoms with Crippen LogP contribution in [0.5, 0.6) is 5.75 Å². The van der Waals surface area contributed by atoms with Gasteiger partial charge in [-0.05, 0) is 57.6 Å². The van der Waals surface area contributed by atoms with Gasteiger partial charge in [0.25, 0.3) is 0 Å². The highest BCUT2D eigenvalue weighted by Crippen LogP contribution is 2.25. The second-order valence-electron chi connectivity index (χ2n) is 7.13. The van der Waals surface area contributed by atoms with Crippen LogP contribution in [0.4, 0.5) is 10.5 Å². The number of likely N-dealkylation sites (N-methyl/N-ethyl adjacent to an activating group) is 1. The van der Waals surface area contributed by atoms with Gasteiger partial charge in [-0.2, -0.15) is 0 Å². The van der Waals surface area contributed by atoms with Crippen LogP contribution in [-0.4, -0.2) is 50.9 Å². The third-order valence-corrected chi connectivity index (χ3v) is 4.78. The third-order valence-electron chi connectivity index (χ3n) is 4.78. The van der Waals surface area contributed by atoms with E-state index in [0.717, 1.165) is 25.2 Å². The highest BCUT2D eigenvalue weighted by molar-refractivity contribution is 5.90. The monoisotopic (exact) mass is 387 g/mol. The van der Waals surface area contributed by atoms with Crippen LogP contribution in [0.15, 0.2) is 47.1 Å². The van der Waals surface area contributed by atoms with Gasteiger partial charge in [0.15, 0.2) is 0 Å². The van der Waals surface area contributed by atoms with E-state index in [4.69, 9.17) is 13.9 Å². The van der Waals surface area contributed by atoms with Gasteiger partial charge < -0.3 is 24.5 Å². The Hall–Kier alpha value is -2.51. The Balaban J connectivity index is 1.53. The van der Waals surface area contributed by atoms with E-state index in [-0.39, 0.29) is 18.2 Å². The molecule has 7 heteroatoms. The van der Waals surface area contributed by atoms with Crippen LogP contribution < -0.4 is 15.4 Å². The van der Waals surface area contributed by atoms with E-state index in [1.807, 2.05) is 55.4 Å². The molecule has 152 valence electrons. The van der Waals surface area contributed by atoms with E-state index in [9.17, 15) is 4.79 Å². The number of hydrogen-bond acceptors (Lipinski definition) is 5. The number of urea groups is 1. The summed E-state index contributed by atoms with van der Waals surface area (Å²) in [6, 6.07) is 10.8. The molecule has 3 rings (SSSR count). The number of ether oxygens (including phenoxy) is 2. The van der Waals surface area contributed by atoms with Crippen molar-refractivity contribution >= 4 is 11.7 Å².